The molecule has 1 aliphatic rings. The zero-order valence-electron chi connectivity index (χ0n) is 9.63. The molecule has 0 amide bonds. The summed E-state index contributed by atoms with van der Waals surface area (Å²) in [6, 6.07) is 0. The molecule has 14 heavy (non-hydrogen) atoms. The van der Waals surface area contributed by atoms with Crippen molar-refractivity contribution in [2.75, 3.05) is 13.2 Å². The minimum absolute atomic E-state index is 0.100. The van der Waals surface area contributed by atoms with Crippen LogP contribution in [0.25, 0.3) is 0 Å². The average molecular weight is 200 g/mol. The van der Waals surface area contributed by atoms with E-state index in [0.717, 1.165) is 32.0 Å². The molecule has 1 heterocycles. The normalized spacial score (nSPS) is 27.0. The highest BCUT2D eigenvalue weighted by Crippen LogP contribution is 2.25. The van der Waals surface area contributed by atoms with Gasteiger partial charge in [0.1, 0.15) is 0 Å². The highest BCUT2D eigenvalue weighted by molar-refractivity contribution is 4.67. The maximum atomic E-state index is 5.63. The third kappa shape index (κ3) is 4.43. The number of hydrogen-bond acceptors (Lipinski definition) is 2. The summed E-state index contributed by atoms with van der Waals surface area (Å²) in [4.78, 5) is 0. The lowest BCUT2D eigenvalue weighted by atomic mass is 10.0. The maximum Gasteiger partial charge on any atom is 0.157 e. The van der Waals surface area contributed by atoms with Gasteiger partial charge in [0.15, 0.2) is 6.29 Å². The van der Waals surface area contributed by atoms with E-state index in [2.05, 4.69) is 13.8 Å². The van der Waals surface area contributed by atoms with E-state index < -0.39 is 0 Å². The number of hydrogen-bond donors (Lipinski definition) is 0. The van der Waals surface area contributed by atoms with Crippen molar-refractivity contribution in [2.24, 2.45) is 5.92 Å². The van der Waals surface area contributed by atoms with Gasteiger partial charge in [-0.25, -0.2) is 0 Å². The minimum atomic E-state index is 0.100. The van der Waals surface area contributed by atoms with Crippen LogP contribution in [0.2, 0.25) is 0 Å². The van der Waals surface area contributed by atoms with E-state index >= 15 is 0 Å². The molecular formula is C12H24O2. The first-order chi connectivity index (χ1) is 6.86. The fourth-order valence-corrected chi connectivity index (χ4v) is 1.82. The third-order valence-corrected chi connectivity index (χ3v) is 2.81. The van der Waals surface area contributed by atoms with Gasteiger partial charge < -0.3 is 9.47 Å². The fraction of sp³-hybridized carbons (Fsp3) is 1.00. The van der Waals surface area contributed by atoms with Crippen LogP contribution >= 0.6 is 0 Å². The number of rotatable bonds is 7. The second kappa shape index (κ2) is 7.24. The Labute approximate surface area is 88.0 Å². The van der Waals surface area contributed by atoms with Gasteiger partial charge >= 0.3 is 0 Å². The van der Waals surface area contributed by atoms with E-state index in [-0.39, 0.29) is 6.29 Å². The van der Waals surface area contributed by atoms with Crippen molar-refractivity contribution in [3.63, 3.8) is 0 Å². The Morgan fingerprint density at radius 2 is 2.00 bits per heavy atom. The van der Waals surface area contributed by atoms with E-state index in [1.807, 2.05) is 0 Å². The molecule has 1 aliphatic heterocycles. The van der Waals surface area contributed by atoms with Crippen molar-refractivity contribution in [1.82, 2.24) is 0 Å². The predicted molar refractivity (Wildman–Crippen MR) is 58.2 cm³/mol. The molecule has 1 fully saturated rings. The SMILES string of the molecule is CCCCO[C@@H]1C[C@@H](CCCC)CO1. The number of ether oxygens (including phenoxy) is 2. The maximum absolute atomic E-state index is 5.63. The summed E-state index contributed by atoms with van der Waals surface area (Å²) < 4.78 is 11.2. The van der Waals surface area contributed by atoms with Gasteiger partial charge in [0.25, 0.3) is 0 Å². The van der Waals surface area contributed by atoms with Gasteiger partial charge in [-0.3, -0.25) is 0 Å². The molecule has 84 valence electrons. The van der Waals surface area contributed by atoms with Gasteiger partial charge in [-0.1, -0.05) is 33.1 Å². The minimum Gasteiger partial charge on any atom is -0.353 e. The summed E-state index contributed by atoms with van der Waals surface area (Å²) >= 11 is 0. The van der Waals surface area contributed by atoms with Crippen molar-refractivity contribution in [3.8, 4) is 0 Å². The molecule has 2 heteroatoms. The molecular weight excluding hydrogens is 176 g/mol. The largest absolute Gasteiger partial charge is 0.353 e. The Balaban J connectivity index is 2.02. The summed E-state index contributed by atoms with van der Waals surface area (Å²) in [5.74, 6) is 0.751. The Kier molecular flexibility index (Phi) is 6.20. The van der Waals surface area contributed by atoms with Crippen LogP contribution in [0.1, 0.15) is 52.4 Å². The van der Waals surface area contributed by atoms with Crippen molar-refractivity contribution >= 4 is 0 Å². The molecule has 0 aliphatic carbocycles. The molecule has 2 atom stereocenters. The van der Waals surface area contributed by atoms with Crippen LogP contribution in [0.5, 0.6) is 0 Å². The second-order valence-corrected chi connectivity index (χ2v) is 4.23. The summed E-state index contributed by atoms with van der Waals surface area (Å²) in [7, 11) is 0. The summed E-state index contributed by atoms with van der Waals surface area (Å²) in [6.45, 7) is 6.20. The van der Waals surface area contributed by atoms with Crippen molar-refractivity contribution in [1.29, 1.82) is 0 Å². The zero-order valence-corrected chi connectivity index (χ0v) is 9.63. The quantitative estimate of drug-likeness (QED) is 0.587. The molecule has 0 spiro atoms. The Morgan fingerprint density at radius 1 is 1.21 bits per heavy atom. The first kappa shape index (κ1) is 12.0. The first-order valence-corrected chi connectivity index (χ1v) is 6.10. The molecule has 0 aromatic rings. The van der Waals surface area contributed by atoms with E-state index in [4.69, 9.17) is 9.47 Å². The summed E-state index contributed by atoms with van der Waals surface area (Å²) in [5.41, 5.74) is 0. The molecule has 0 aromatic carbocycles. The highest BCUT2D eigenvalue weighted by Gasteiger charge is 2.24. The molecule has 1 saturated heterocycles. The lowest BCUT2D eigenvalue weighted by molar-refractivity contribution is -0.111. The molecule has 0 aromatic heterocycles. The third-order valence-electron chi connectivity index (χ3n) is 2.81. The van der Waals surface area contributed by atoms with Gasteiger partial charge in [0.05, 0.1) is 6.61 Å². The van der Waals surface area contributed by atoms with Crippen LogP contribution in [-0.2, 0) is 9.47 Å². The number of unbranched alkanes of at least 4 members (excludes halogenated alkanes) is 2. The van der Waals surface area contributed by atoms with Crippen molar-refractivity contribution in [3.05, 3.63) is 0 Å². The molecule has 0 radical (unpaired) electrons. The first-order valence-electron chi connectivity index (χ1n) is 6.10. The zero-order chi connectivity index (χ0) is 10.2. The van der Waals surface area contributed by atoms with E-state index in [1.165, 1.54) is 25.7 Å². The Morgan fingerprint density at radius 3 is 2.71 bits per heavy atom. The van der Waals surface area contributed by atoms with Crippen LogP contribution in [0.3, 0.4) is 0 Å². The molecule has 2 nitrogen and oxygen atoms in total. The lowest BCUT2D eigenvalue weighted by Crippen LogP contribution is -2.11. The smallest absolute Gasteiger partial charge is 0.157 e. The van der Waals surface area contributed by atoms with E-state index in [1.54, 1.807) is 0 Å². The van der Waals surface area contributed by atoms with E-state index in [0.29, 0.717) is 0 Å². The molecule has 1 rings (SSSR count). The van der Waals surface area contributed by atoms with Crippen LogP contribution in [0.4, 0.5) is 0 Å². The highest BCUT2D eigenvalue weighted by atomic mass is 16.7. The Hall–Kier alpha value is -0.0800. The topological polar surface area (TPSA) is 18.5 Å². The average Bonchev–Trinajstić information content (AvgIpc) is 2.63. The van der Waals surface area contributed by atoms with Gasteiger partial charge in [-0.05, 0) is 18.8 Å². The summed E-state index contributed by atoms with van der Waals surface area (Å²) in [6.07, 6.45) is 7.50. The van der Waals surface area contributed by atoms with Crippen molar-refractivity contribution in [2.45, 2.75) is 58.7 Å². The van der Waals surface area contributed by atoms with Crippen LogP contribution < -0.4 is 0 Å². The second-order valence-electron chi connectivity index (χ2n) is 4.23. The molecule has 0 N–H and O–H groups in total. The van der Waals surface area contributed by atoms with Gasteiger partial charge in [0.2, 0.25) is 0 Å². The van der Waals surface area contributed by atoms with E-state index in [9.17, 15) is 0 Å². The lowest BCUT2D eigenvalue weighted by Gasteiger charge is -2.10. The molecule has 0 unspecified atom stereocenters. The van der Waals surface area contributed by atoms with Gasteiger partial charge in [0, 0.05) is 13.0 Å². The van der Waals surface area contributed by atoms with Crippen LogP contribution in [0, 0.1) is 5.92 Å². The van der Waals surface area contributed by atoms with Gasteiger partial charge in [-0.15, -0.1) is 0 Å². The predicted octanol–water partition coefficient (Wildman–Crippen LogP) is 3.36. The van der Waals surface area contributed by atoms with Crippen LogP contribution in [-0.4, -0.2) is 19.5 Å². The monoisotopic (exact) mass is 200 g/mol. The molecule has 0 saturated carbocycles. The standard InChI is InChI=1S/C12H24O2/c1-3-5-7-11-9-12(14-10-11)13-8-6-4-2/h11-12H,3-10H2,1-2H3/t11-,12+/m1/s1. The van der Waals surface area contributed by atoms with Crippen molar-refractivity contribution < 1.29 is 9.47 Å². The van der Waals surface area contributed by atoms with Gasteiger partial charge in [-0.2, -0.15) is 0 Å². The summed E-state index contributed by atoms with van der Waals surface area (Å²) in [5, 5.41) is 0. The fourth-order valence-electron chi connectivity index (χ4n) is 1.82. The Bertz CT molecular complexity index is 136. The molecule has 0 bridgehead atoms. The van der Waals surface area contributed by atoms with Crippen LogP contribution in [0.15, 0.2) is 0 Å².